The average molecular weight is 553 g/mol. The highest BCUT2D eigenvalue weighted by Crippen LogP contribution is 2.42. The lowest BCUT2D eigenvalue weighted by Gasteiger charge is -2.17. The van der Waals surface area contributed by atoms with Gasteiger partial charge >= 0.3 is 5.97 Å². The number of aliphatic carboxylic acids is 1. The summed E-state index contributed by atoms with van der Waals surface area (Å²) in [5.74, 6) is 1.95. The number of carbonyl (C=O) groups is 1. The van der Waals surface area contributed by atoms with Gasteiger partial charge in [-0.3, -0.25) is 4.79 Å². The smallest absolute Gasteiger partial charge is 0.304 e. The van der Waals surface area contributed by atoms with E-state index < -0.39 is 15.8 Å². The highest BCUT2D eigenvalue weighted by atomic mass is 32.2. The van der Waals surface area contributed by atoms with Crippen LogP contribution in [0.4, 0.5) is 0 Å². The molecule has 0 unspecified atom stereocenters. The first-order chi connectivity index (χ1) is 18.7. The number of rotatable bonds is 10. The number of sulfone groups is 1. The molecule has 2 aliphatic rings. The fourth-order valence-electron chi connectivity index (χ4n) is 5.22. The summed E-state index contributed by atoms with van der Waals surface area (Å²) >= 11 is 0. The first-order valence-electron chi connectivity index (χ1n) is 13.0. The summed E-state index contributed by atoms with van der Waals surface area (Å²) in [5, 5.41) is 9.12. The van der Waals surface area contributed by atoms with Gasteiger partial charge in [0.1, 0.15) is 39.4 Å². The molecule has 0 aliphatic carbocycles. The van der Waals surface area contributed by atoms with Crippen molar-refractivity contribution in [2.24, 2.45) is 0 Å². The molecule has 0 bridgehead atoms. The molecule has 8 nitrogen and oxygen atoms in total. The van der Waals surface area contributed by atoms with Crippen molar-refractivity contribution >= 4 is 15.8 Å². The van der Waals surface area contributed by atoms with Crippen LogP contribution >= 0.6 is 0 Å². The maximum atomic E-state index is 11.4. The standard InChI is InChI=1S/C30H32O8S/c1-19-13-24(35-10-4-12-39(2,33)34)14-20-9-11-36-30-21(5-3-6-26(30)29(19)20)17-37-23-7-8-25-22(15-28(31)32)18-38-27(25)16-23/h3,5-8,13-14,16,22H,4,9-12,15,17-18H2,1-2H3,(H,31,32)/t22-/m1/s1. The van der Waals surface area contributed by atoms with E-state index in [1.165, 1.54) is 6.26 Å². The second-order valence-electron chi connectivity index (χ2n) is 10.1. The van der Waals surface area contributed by atoms with E-state index >= 15 is 0 Å². The molecule has 1 N–H and O–H groups in total. The molecule has 2 aliphatic heterocycles. The third-order valence-electron chi connectivity index (χ3n) is 6.98. The van der Waals surface area contributed by atoms with Crippen LogP contribution in [0.1, 0.15) is 41.0 Å². The Balaban J connectivity index is 1.32. The van der Waals surface area contributed by atoms with Gasteiger partial charge in [0.25, 0.3) is 0 Å². The summed E-state index contributed by atoms with van der Waals surface area (Å²) in [7, 11) is -3.01. The quantitative estimate of drug-likeness (QED) is 0.353. The molecular weight excluding hydrogens is 520 g/mol. The largest absolute Gasteiger partial charge is 0.494 e. The van der Waals surface area contributed by atoms with E-state index in [-0.39, 0.29) is 18.1 Å². The number of carboxylic acid groups (broad SMARTS) is 1. The van der Waals surface area contributed by atoms with E-state index in [1.54, 1.807) is 0 Å². The molecule has 9 heteroatoms. The van der Waals surface area contributed by atoms with Crippen LogP contribution in [0.15, 0.2) is 48.5 Å². The molecule has 0 spiro atoms. The van der Waals surface area contributed by atoms with Crippen LogP contribution in [-0.4, -0.2) is 51.3 Å². The Kier molecular flexibility index (Phi) is 7.70. The molecule has 5 rings (SSSR count). The van der Waals surface area contributed by atoms with E-state index in [9.17, 15) is 13.2 Å². The first kappa shape index (κ1) is 26.9. The van der Waals surface area contributed by atoms with Gasteiger partial charge in [-0.05, 0) is 48.2 Å². The van der Waals surface area contributed by atoms with Crippen molar-refractivity contribution in [3.05, 3.63) is 70.8 Å². The summed E-state index contributed by atoms with van der Waals surface area (Å²) in [6.07, 6.45) is 2.43. The zero-order chi connectivity index (χ0) is 27.6. The van der Waals surface area contributed by atoms with Gasteiger partial charge in [-0.25, -0.2) is 8.42 Å². The monoisotopic (exact) mass is 552 g/mol. The van der Waals surface area contributed by atoms with E-state index in [0.717, 1.165) is 44.9 Å². The molecular formula is C30H32O8S. The highest BCUT2D eigenvalue weighted by Gasteiger charge is 2.27. The fourth-order valence-corrected chi connectivity index (χ4v) is 5.86. The molecule has 3 aromatic rings. The number of benzene rings is 3. The van der Waals surface area contributed by atoms with Gasteiger partial charge < -0.3 is 24.1 Å². The zero-order valence-electron chi connectivity index (χ0n) is 22.1. The molecule has 0 saturated heterocycles. The van der Waals surface area contributed by atoms with E-state index in [4.69, 9.17) is 24.1 Å². The average Bonchev–Trinajstić information content (AvgIpc) is 3.15. The van der Waals surface area contributed by atoms with Gasteiger partial charge in [-0.2, -0.15) is 0 Å². The Bertz CT molecular complexity index is 1500. The minimum Gasteiger partial charge on any atom is -0.494 e. The van der Waals surface area contributed by atoms with Gasteiger partial charge in [0.2, 0.25) is 0 Å². The van der Waals surface area contributed by atoms with Crippen LogP contribution in [0.25, 0.3) is 11.1 Å². The first-order valence-corrected chi connectivity index (χ1v) is 15.0. The molecule has 1 atom stereocenters. The Morgan fingerprint density at radius 3 is 2.72 bits per heavy atom. The van der Waals surface area contributed by atoms with Crippen molar-refractivity contribution in [1.82, 2.24) is 0 Å². The molecule has 0 radical (unpaired) electrons. The van der Waals surface area contributed by atoms with Gasteiger partial charge in [0, 0.05) is 41.4 Å². The Hall–Kier alpha value is -3.72. The van der Waals surface area contributed by atoms with Crippen molar-refractivity contribution in [3.63, 3.8) is 0 Å². The molecule has 206 valence electrons. The Morgan fingerprint density at radius 1 is 1.08 bits per heavy atom. The summed E-state index contributed by atoms with van der Waals surface area (Å²) < 4.78 is 46.7. The Morgan fingerprint density at radius 2 is 1.92 bits per heavy atom. The van der Waals surface area contributed by atoms with Crippen molar-refractivity contribution < 1.29 is 37.3 Å². The Labute approximate surface area is 228 Å². The van der Waals surface area contributed by atoms with Crippen molar-refractivity contribution in [2.75, 3.05) is 31.8 Å². The van der Waals surface area contributed by atoms with Crippen LogP contribution < -0.4 is 18.9 Å². The lowest BCUT2D eigenvalue weighted by Crippen LogP contribution is -2.08. The molecule has 2 heterocycles. The number of aryl methyl sites for hydroxylation is 1. The molecule has 39 heavy (non-hydrogen) atoms. The number of para-hydroxylation sites is 1. The topological polar surface area (TPSA) is 108 Å². The molecule has 0 saturated carbocycles. The molecule has 0 fully saturated rings. The number of fused-ring (bicyclic) bond motifs is 4. The third kappa shape index (κ3) is 6.30. The second-order valence-corrected chi connectivity index (χ2v) is 12.4. The van der Waals surface area contributed by atoms with Crippen LogP contribution in [0.3, 0.4) is 0 Å². The van der Waals surface area contributed by atoms with Crippen LogP contribution in [0, 0.1) is 6.92 Å². The lowest BCUT2D eigenvalue weighted by molar-refractivity contribution is -0.137. The van der Waals surface area contributed by atoms with E-state index in [0.29, 0.717) is 50.8 Å². The predicted molar refractivity (Wildman–Crippen MR) is 147 cm³/mol. The summed E-state index contributed by atoms with van der Waals surface area (Å²) in [6.45, 7) is 3.55. The van der Waals surface area contributed by atoms with E-state index in [2.05, 4.69) is 6.07 Å². The van der Waals surface area contributed by atoms with Crippen LogP contribution in [0.2, 0.25) is 0 Å². The van der Waals surface area contributed by atoms with Crippen molar-refractivity contribution in [2.45, 2.75) is 38.7 Å². The summed E-state index contributed by atoms with van der Waals surface area (Å²) in [4.78, 5) is 11.1. The normalized spacial score (nSPS) is 15.7. The van der Waals surface area contributed by atoms with E-state index in [1.807, 2.05) is 49.4 Å². The van der Waals surface area contributed by atoms with Gasteiger partial charge in [-0.1, -0.05) is 24.3 Å². The molecule has 0 aromatic heterocycles. The predicted octanol–water partition coefficient (Wildman–Crippen LogP) is 4.94. The number of ether oxygens (including phenoxy) is 4. The minimum absolute atomic E-state index is 0.0401. The molecule has 3 aromatic carbocycles. The number of carboxylic acids is 1. The lowest BCUT2D eigenvalue weighted by atomic mass is 9.92. The van der Waals surface area contributed by atoms with Crippen molar-refractivity contribution in [3.8, 4) is 34.1 Å². The summed E-state index contributed by atoms with van der Waals surface area (Å²) in [6, 6.07) is 15.6. The second kappa shape index (κ2) is 11.2. The zero-order valence-corrected chi connectivity index (χ0v) is 22.9. The maximum absolute atomic E-state index is 11.4. The molecule has 0 amide bonds. The highest BCUT2D eigenvalue weighted by molar-refractivity contribution is 7.90. The number of hydrogen-bond acceptors (Lipinski definition) is 7. The van der Waals surface area contributed by atoms with Crippen LogP contribution in [0.5, 0.6) is 23.0 Å². The summed E-state index contributed by atoms with van der Waals surface area (Å²) in [5.41, 5.74) is 6.11. The SMILES string of the molecule is Cc1cc(OCCCS(C)(=O)=O)cc2c1-c1cccc(COc3ccc4c(c3)OC[C@H]4CC(=O)O)c1OCC2. The minimum atomic E-state index is -3.01. The van der Waals surface area contributed by atoms with Gasteiger partial charge in [0.15, 0.2) is 0 Å². The third-order valence-corrected chi connectivity index (χ3v) is 8.01. The van der Waals surface area contributed by atoms with Crippen LogP contribution in [-0.2, 0) is 27.7 Å². The number of hydrogen-bond donors (Lipinski definition) is 1. The maximum Gasteiger partial charge on any atom is 0.304 e. The fraction of sp³-hybridized carbons (Fsp3) is 0.367. The van der Waals surface area contributed by atoms with Crippen molar-refractivity contribution in [1.29, 1.82) is 0 Å². The van der Waals surface area contributed by atoms with Gasteiger partial charge in [-0.15, -0.1) is 0 Å². The van der Waals surface area contributed by atoms with Gasteiger partial charge in [0.05, 0.1) is 32.0 Å².